The SMILES string of the molecule is Fc1ccccc1CCNc1ccc2nnnn2n1. The largest absolute Gasteiger partial charge is 0.368 e. The van der Waals surface area contributed by atoms with Gasteiger partial charge in [-0.25, -0.2) is 4.39 Å². The maximum Gasteiger partial charge on any atom is 0.200 e. The van der Waals surface area contributed by atoms with E-state index in [4.69, 9.17) is 0 Å². The lowest BCUT2D eigenvalue weighted by Crippen LogP contribution is -2.09. The van der Waals surface area contributed by atoms with Crippen LogP contribution >= 0.6 is 0 Å². The highest BCUT2D eigenvalue weighted by atomic mass is 19.1. The van der Waals surface area contributed by atoms with Crippen LogP contribution in [0.15, 0.2) is 36.4 Å². The molecule has 6 nitrogen and oxygen atoms in total. The first kappa shape index (κ1) is 11.5. The minimum atomic E-state index is -0.187. The third kappa shape index (κ3) is 2.49. The van der Waals surface area contributed by atoms with Crippen LogP contribution in [0.1, 0.15) is 5.56 Å². The van der Waals surface area contributed by atoms with E-state index in [0.29, 0.717) is 30.0 Å². The Bertz CT molecular complexity index is 695. The summed E-state index contributed by atoms with van der Waals surface area (Å²) in [4.78, 5) is 0. The molecule has 1 aromatic carbocycles. The van der Waals surface area contributed by atoms with Gasteiger partial charge in [-0.05, 0) is 40.6 Å². The number of fused-ring (bicyclic) bond motifs is 1. The van der Waals surface area contributed by atoms with Crippen molar-refractivity contribution in [1.82, 2.24) is 25.3 Å². The molecule has 2 aromatic heterocycles. The van der Waals surface area contributed by atoms with Crippen molar-refractivity contribution >= 4 is 11.5 Å². The zero-order chi connectivity index (χ0) is 13.1. The third-order valence-corrected chi connectivity index (χ3v) is 2.73. The first-order valence-corrected chi connectivity index (χ1v) is 5.85. The van der Waals surface area contributed by atoms with Crippen LogP contribution in [0.2, 0.25) is 0 Å². The number of tetrazole rings is 1. The molecule has 19 heavy (non-hydrogen) atoms. The van der Waals surface area contributed by atoms with Crippen molar-refractivity contribution in [2.75, 3.05) is 11.9 Å². The predicted molar refractivity (Wildman–Crippen MR) is 67.2 cm³/mol. The molecule has 1 N–H and O–H groups in total. The standard InChI is InChI=1S/C12H11FN6/c13-10-4-2-1-3-9(10)7-8-14-11-5-6-12-15-17-18-19(12)16-11/h1-6H,7-8H2,(H,14,16). The van der Waals surface area contributed by atoms with Gasteiger partial charge >= 0.3 is 0 Å². The van der Waals surface area contributed by atoms with Gasteiger partial charge in [0.1, 0.15) is 11.6 Å². The third-order valence-electron chi connectivity index (χ3n) is 2.73. The molecule has 0 aliphatic carbocycles. The van der Waals surface area contributed by atoms with Gasteiger partial charge in [0.05, 0.1) is 0 Å². The molecule has 0 atom stereocenters. The van der Waals surface area contributed by atoms with E-state index in [-0.39, 0.29) is 5.82 Å². The number of rotatable bonds is 4. The topological polar surface area (TPSA) is 68.0 Å². The van der Waals surface area contributed by atoms with E-state index < -0.39 is 0 Å². The molecule has 3 aromatic rings. The van der Waals surface area contributed by atoms with Gasteiger partial charge in [0.2, 0.25) is 0 Å². The minimum absolute atomic E-state index is 0.187. The van der Waals surface area contributed by atoms with E-state index in [1.807, 2.05) is 6.07 Å². The second-order valence-electron chi connectivity index (χ2n) is 4.01. The molecule has 0 bridgehead atoms. The van der Waals surface area contributed by atoms with Crippen LogP contribution in [0.4, 0.5) is 10.2 Å². The zero-order valence-electron chi connectivity index (χ0n) is 9.99. The Hall–Kier alpha value is -2.57. The van der Waals surface area contributed by atoms with Crippen LogP contribution in [-0.2, 0) is 6.42 Å². The van der Waals surface area contributed by atoms with Crippen LogP contribution in [0.5, 0.6) is 0 Å². The van der Waals surface area contributed by atoms with E-state index in [0.717, 1.165) is 0 Å². The summed E-state index contributed by atoms with van der Waals surface area (Å²) in [6.45, 7) is 0.585. The number of anilines is 1. The van der Waals surface area contributed by atoms with Crippen LogP contribution in [-0.4, -0.2) is 31.8 Å². The van der Waals surface area contributed by atoms with Crippen molar-refractivity contribution in [1.29, 1.82) is 0 Å². The van der Waals surface area contributed by atoms with Crippen molar-refractivity contribution in [2.24, 2.45) is 0 Å². The van der Waals surface area contributed by atoms with Crippen molar-refractivity contribution in [2.45, 2.75) is 6.42 Å². The number of benzene rings is 1. The Labute approximate surface area is 108 Å². The highest BCUT2D eigenvalue weighted by Gasteiger charge is 2.02. The zero-order valence-corrected chi connectivity index (χ0v) is 9.99. The Morgan fingerprint density at radius 2 is 2.05 bits per heavy atom. The predicted octanol–water partition coefficient (Wildman–Crippen LogP) is 1.31. The second-order valence-corrected chi connectivity index (χ2v) is 4.01. The average Bonchev–Trinajstić information content (AvgIpc) is 2.88. The van der Waals surface area contributed by atoms with E-state index in [2.05, 4.69) is 25.9 Å². The summed E-state index contributed by atoms with van der Waals surface area (Å²) in [7, 11) is 0. The summed E-state index contributed by atoms with van der Waals surface area (Å²) in [5.41, 5.74) is 1.26. The highest BCUT2D eigenvalue weighted by Crippen LogP contribution is 2.08. The fourth-order valence-electron chi connectivity index (χ4n) is 1.77. The fourth-order valence-corrected chi connectivity index (χ4v) is 1.77. The molecule has 96 valence electrons. The Morgan fingerprint density at radius 3 is 2.95 bits per heavy atom. The molecule has 0 radical (unpaired) electrons. The lowest BCUT2D eigenvalue weighted by Gasteiger charge is -2.05. The van der Waals surface area contributed by atoms with Crippen molar-refractivity contribution in [3.8, 4) is 0 Å². The Balaban J connectivity index is 1.64. The van der Waals surface area contributed by atoms with Gasteiger partial charge in [-0.2, -0.15) is 0 Å². The molecule has 2 heterocycles. The van der Waals surface area contributed by atoms with E-state index in [1.165, 1.54) is 10.7 Å². The number of halogens is 1. The average molecular weight is 258 g/mol. The van der Waals surface area contributed by atoms with E-state index in [9.17, 15) is 4.39 Å². The molecule has 0 spiro atoms. The molecule has 0 amide bonds. The van der Waals surface area contributed by atoms with Gasteiger partial charge in [-0.3, -0.25) is 0 Å². The van der Waals surface area contributed by atoms with Crippen LogP contribution in [0.25, 0.3) is 5.65 Å². The normalized spacial score (nSPS) is 10.8. The molecule has 7 heteroatoms. The molecule has 0 fully saturated rings. The Morgan fingerprint density at radius 1 is 1.16 bits per heavy atom. The summed E-state index contributed by atoms with van der Waals surface area (Å²) < 4.78 is 14.7. The molecular weight excluding hydrogens is 247 g/mol. The summed E-state index contributed by atoms with van der Waals surface area (Å²) in [5, 5.41) is 18.2. The lowest BCUT2D eigenvalue weighted by atomic mass is 10.1. The maximum absolute atomic E-state index is 13.4. The summed E-state index contributed by atoms with van der Waals surface area (Å²) in [5.74, 6) is 0.462. The number of aromatic nitrogens is 5. The summed E-state index contributed by atoms with van der Waals surface area (Å²) >= 11 is 0. The molecular formula is C12H11FN6. The van der Waals surface area contributed by atoms with Crippen LogP contribution in [0.3, 0.4) is 0 Å². The highest BCUT2D eigenvalue weighted by molar-refractivity contribution is 5.42. The van der Waals surface area contributed by atoms with Gasteiger partial charge in [-0.15, -0.1) is 14.8 Å². The summed E-state index contributed by atoms with van der Waals surface area (Å²) in [6, 6.07) is 10.3. The van der Waals surface area contributed by atoms with Gasteiger partial charge in [0.15, 0.2) is 5.65 Å². The first-order valence-electron chi connectivity index (χ1n) is 5.85. The van der Waals surface area contributed by atoms with Crippen molar-refractivity contribution in [3.05, 3.63) is 47.8 Å². The van der Waals surface area contributed by atoms with Crippen LogP contribution in [0, 0.1) is 5.82 Å². The maximum atomic E-state index is 13.4. The minimum Gasteiger partial charge on any atom is -0.368 e. The summed E-state index contributed by atoms with van der Waals surface area (Å²) in [6.07, 6.45) is 0.585. The molecule has 0 unspecified atom stereocenters. The Kier molecular flexibility index (Phi) is 3.01. The van der Waals surface area contributed by atoms with E-state index >= 15 is 0 Å². The quantitative estimate of drug-likeness (QED) is 0.764. The van der Waals surface area contributed by atoms with Crippen LogP contribution < -0.4 is 5.32 Å². The number of hydrogen-bond donors (Lipinski definition) is 1. The van der Waals surface area contributed by atoms with Crippen molar-refractivity contribution < 1.29 is 4.39 Å². The lowest BCUT2D eigenvalue weighted by molar-refractivity contribution is 0.610. The van der Waals surface area contributed by atoms with Gasteiger partial charge in [0, 0.05) is 6.54 Å². The second kappa shape index (κ2) is 4.97. The number of nitrogens with one attached hydrogen (secondary N) is 1. The monoisotopic (exact) mass is 258 g/mol. The van der Waals surface area contributed by atoms with Gasteiger partial charge < -0.3 is 5.32 Å². The fraction of sp³-hybridized carbons (Fsp3) is 0.167. The van der Waals surface area contributed by atoms with Crippen molar-refractivity contribution in [3.63, 3.8) is 0 Å². The molecule has 0 saturated carbocycles. The molecule has 3 rings (SSSR count). The van der Waals surface area contributed by atoms with Gasteiger partial charge in [-0.1, -0.05) is 18.2 Å². The van der Waals surface area contributed by atoms with Gasteiger partial charge in [0.25, 0.3) is 0 Å². The number of nitrogens with zero attached hydrogens (tertiary/aromatic N) is 5. The first-order chi connectivity index (χ1) is 9.33. The molecule has 0 saturated heterocycles. The smallest absolute Gasteiger partial charge is 0.200 e. The molecule has 0 aliphatic rings. The number of hydrogen-bond acceptors (Lipinski definition) is 5. The molecule has 0 aliphatic heterocycles. The van der Waals surface area contributed by atoms with E-state index in [1.54, 1.807) is 24.3 Å².